The highest BCUT2D eigenvalue weighted by Gasteiger charge is 2.05. The molecular weight excluding hydrogens is 188 g/mol. The fourth-order valence-corrected chi connectivity index (χ4v) is 1.22. The summed E-state index contributed by atoms with van der Waals surface area (Å²) in [6, 6.07) is -0.122. The second kappa shape index (κ2) is 6.84. The quantitative estimate of drug-likeness (QED) is 0.301. The van der Waals surface area contributed by atoms with Crippen molar-refractivity contribution in [2.75, 3.05) is 0 Å². The van der Waals surface area contributed by atoms with Crippen molar-refractivity contribution in [2.45, 2.75) is 19.9 Å². The molecule has 2 nitrogen and oxygen atoms in total. The minimum atomic E-state index is -0.122. The van der Waals surface area contributed by atoms with Crippen molar-refractivity contribution in [1.29, 1.82) is 5.26 Å². The first-order chi connectivity index (χ1) is 5.76. The van der Waals surface area contributed by atoms with Crippen LogP contribution in [0.2, 0.25) is 0 Å². The summed E-state index contributed by atoms with van der Waals surface area (Å²) in [6.07, 6.45) is 1.75. The van der Waals surface area contributed by atoms with Crippen LogP contribution in [0.3, 0.4) is 0 Å². The summed E-state index contributed by atoms with van der Waals surface area (Å²) in [5.41, 5.74) is 2.92. The maximum atomic E-state index is 8.43. The Morgan fingerprint density at radius 1 is 1.75 bits per heavy atom. The first kappa shape index (κ1) is 11.2. The number of thioether (sulfide) groups is 1. The van der Waals surface area contributed by atoms with Crippen molar-refractivity contribution in [1.82, 2.24) is 0 Å². The Morgan fingerprint density at radius 3 is 2.83 bits per heavy atom. The van der Waals surface area contributed by atoms with E-state index in [1.807, 2.05) is 19.2 Å². The molecule has 0 amide bonds. The minimum absolute atomic E-state index is 0.122. The summed E-state index contributed by atoms with van der Waals surface area (Å²) in [7, 11) is 0. The minimum Gasteiger partial charge on any atom is -0.223 e. The molecule has 0 aliphatic carbocycles. The molecule has 0 bridgehead atoms. The molecule has 0 aliphatic heterocycles. The number of nitriles is 1. The lowest BCUT2D eigenvalue weighted by atomic mass is 10.3. The largest absolute Gasteiger partial charge is 0.223 e. The summed E-state index contributed by atoms with van der Waals surface area (Å²) in [4.78, 5) is 4.60. The molecule has 0 aromatic heterocycles. The van der Waals surface area contributed by atoms with E-state index in [4.69, 9.17) is 5.26 Å². The van der Waals surface area contributed by atoms with E-state index in [2.05, 4.69) is 28.1 Å². The molecule has 4 heteroatoms. The van der Waals surface area contributed by atoms with E-state index in [1.54, 1.807) is 6.08 Å². The highest BCUT2D eigenvalue weighted by Crippen LogP contribution is 2.18. The summed E-state index contributed by atoms with van der Waals surface area (Å²) < 4.78 is 0. The molecule has 0 saturated carbocycles. The normalized spacial score (nSPS) is 10.1. The SMILES string of the molecule is CC=C=C(SC#N)C(C)N=C=S. The summed E-state index contributed by atoms with van der Waals surface area (Å²) in [5, 5.41) is 12.7. The topological polar surface area (TPSA) is 36.1 Å². The lowest BCUT2D eigenvalue weighted by Crippen LogP contribution is -1.96. The highest BCUT2D eigenvalue weighted by molar-refractivity contribution is 8.07. The molecule has 0 rings (SSSR count). The van der Waals surface area contributed by atoms with Crippen molar-refractivity contribution in [3.8, 4) is 5.40 Å². The lowest BCUT2D eigenvalue weighted by Gasteiger charge is -2.00. The van der Waals surface area contributed by atoms with Gasteiger partial charge in [-0.1, -0.05) is 0 Å². The van der Waals surface area contributed by atoms with E-state index in [0.717, 1.165) is 16.7 Å². The van der Waals surface area contributed by atoms with E-state index in [9.17, 15) is 0 Å². The van der Waals surface area contributed by atoms with Gasteiger partial charge in [0.2, 0.25) is 0 Å². The molecule has 1 atom stereocenters. The van der Waals surface area contributed by atoms with Crippen LogP contribution in [0.1, 0.15) is 13.8 Å². The molecule has 0 heterocycles. The van der Waals surface area contributed by atoms with Gasteiger partial charge in [-0.2, -0.15) is 5.26 Å². The van der Waals surface area contributed by atoms with Crippen molar-refractivity contribution in [2.24, 2.45) is 4.99 Å². The van der Waals surface area contributed by atoms with Crippen LogP contribution in [0.5, 0.6) is 0 Å². The van der Waals surface area contributed by atoms with E-state index in [1.165, 1.54) is 0 Å². The van der Waals surface area contributed by atoms with Crippen LogP contribution in [-0.4, -0.2) is 11.2 Å². The Kier molecular flexibility index (Phi) is 6.37. The van der Waals surface area contributed by atoms with Crippen molar-refractivity contribution in [3.63, 3.8) is 0 Å². The molecule has 0 aliphatic rings. The molecule has 0 N–H and O–H groups in total. The third-order valence-corrected chi connectivity index (χ3v) is 1.94. The van der Waals surface area contributed by atoms with E-state index >= 15 is 0 Å². The van der Waals surface area contributed by atoms with E-state index in [0.29, 0.717) is 0 Å². The zero-order chi connectivity index (χ0) is 9.40. The number of thiocyanates is 1. The predicted octanol–water partition coefficient (Wildman–Crippen LogP) is 2.75. The molecule has 0 aromatic rings. The molecule has 0 aromatic carbocycles. The summed E-state index contributed by atoms with van der Waals surface area (Å²) in [5.74, 6) is 0. The number of hydrogen-bond acceptors (Lipinski definition) is 4. The van der Waals surface area contributed by atoms with Gasteiger partial charge in [-0.25, -0.2) is 4.99 Å². The van der Waals surface area contributed by atoms with Crippen LogP contribution in [0.15, 0.2) is 21.7 Å². The maximum absolute atomic E-state index is 8.43. The second-order valence-electron chi connectivity index (χ2n) is 1.89. The molecule has 1 unspecified atom stereocenters. The fourth-order valence-electron chi connectivity index (χ4n) is 0.564. The van der Waals surface area contributed by atoms with Gasteiger partial charge in [0.1, 0.15) is 5.40 Å². The molecular formula is C8H8N2S2. The third kappa shape index (κ3) is 4.12. The number of nitrogens with zero attached hydrogens (tertiary/aromatic N) is 2. The van der Waals surface area contributed by atoms with Gasteiger partial charge >= 0.3 is 0 Å². The van der Waals surface area contributed by atoms with Crippen molar-refractivity contribution >= 4 is 29.1 Å². The Balaban J connectivity index is 4.65. The number of rotatable bonds is 3. The van der Waals surface area contributed by atoms with Crippen LogP contribution >= 0.6 is 24.0 Å². The van der Waals surface area contributed by atoms with Crippen LogP contribution in [-0.2, 0) is 0 Å². The van der Waals surface area contributed by atoms with Gasteiger partial charge in [0.25, 0.3) is 0 Å². The molecule has 12 heavy (non-hydrogen) atoms. The smallest absolute Gasteiger partial charge is 0.138 e. The Labute approximate surface area is 81.7 Å². The van der Waals surface area contributed by atoms with E-state index < -0.39 is 0 Å². The Hall–Kier alpha value is -0.840. The molecule has 0 radical (unpaired) electrons. The lowest BCUT2D eigenvalue weighted by molar-refractivity contribution is 0.924. The summed E-state index contributed by atoms with van der Waals surface area (Å²) in [6.45, 7) is 3.68. The third-order valence-electron chi connectivity index (χ3n) is 1.07. The highest BCUT2D eigenvalue weighted by atomic mass is 32.2. The molecule has 0 fully saturated rings. The van der Waals surface area contributed by atoms with Crippen LogP contribution in [0.4, 0.5) is 0 Å². The van der Waals surface area contributed by atoms with Crippen LogP contribution < -0.4 is 0 Å². The molecule has 0 saturated heterocycles. The standard InChI is InChI=1S/C8H8N2S2/c1-3-4-8(12-5-9)7(2)10-6-11/h3,7H,1-2H3. The number of aliphatic imine (C=N–C) groups is 1. The van der Waals surface area contributed by atoms with Gasteiger partial charge < -0.3 is 0 Å². The Bertz CT molecular complexity index is 289. The zero-order valence-corrected chi connectivity index (χ0v) is 8.50. The maximum Gasteiger partial charge on any atom is 0.138 e. The average Bonchev–Trinajstić information content (AvgIpc) is 2.04. The monoisotopic (exact) mass is 196 g/mol. The van der Waals surface area contributed by atoms with Crippen LogP contribution in [0, 0.1) is 10.7 Å². The summed E-state index contributed by atoms with van der Waals surface area (Å²) >= 11 is 5.50. The van der Waals surface area contributed by atoms with Gasteiger partial charge in [0.15, 0.2) is 0 Å². The van der Waals surface area contributed by atoms with Crippen molar-refractivity contribution < 1.29 is 0 Å². The Morgan fingerprint density at radius 2 is 2.42 bits per heavy atom. The number of isothiocyanates is 1. The second-order valence-corrected chi connectivity index (χ2v) is 2.90. The number of hydrogen-bond donors (Lipinski definition) is 0. The molecule has 62 valence electrons. The van der Waals surface area contributed by atoms with Gasteiger partial charge in [-0.05, 0) is 43.9 Å². The zero-order valence-electron chi connectivity index (χ0n) is 6.87. The number of thiocarbonyl (C=S) groups is 1. The first-order valence-electron chi connectivity index (χ1n) is 3.30. The van der Waals surface area contributed by atoms with Gasteiger partial charge in [0.05, 0.1) is 16.1 Å². The predicted molar refractivity (Wildman–Crippen MR) is 55.0 cm³/mol. The van der Waals surface area contributed by atoms with Gasteiger partial charge in [0, 0.05) is 0 Å². The van der Waals surface area contributed by atoms with Crippen LogP contribution in [0.25, 0.3) is 0 Å². The molecule has 0 spiro atoms. The van der Waals surface area contributed by atoms with Gasteiger partial charge in [-0.15, -0.1) is 5.73 Å². The fraction of sp³-hybridized carbons (Fsp3) is 0.375. The first-order valence-corrected chi connectivity index (χ1v) is 4.52. The van der Waals surface area contributed by atoms with Gasteiger partial charge in [-0.3, -0.25) is 0 Å². The van der Waals surface area contributed by atoms with E-state index in [-0.39, 0.29) is 6.04 Å². The van der Waals surface area contributed by atoms with Crippen molar-refractivity contribution in [3.05, 3.63) is 16.7 Å². The average molecular weight is 196 g/mol.